The number of hydrogen-bond donors (Lipinski definition) is 2. The van der Waals surface area contributed by atoms with Crippen LogP contribution in [0.3, 0.4) is 0 Å². The van der Waals surface area contributed by atoms with E-state index in [0.29, 0.717) is 11.4 Å². The second-order valence-corrected chi connectivity index (χ2v) is 5.63. The number of nitrogens with zero attached hydrogens (tertiary/aromatic N) is 2. The van der Waals surface area contributed by atoms with Gasteiger partial charge in [0.05, 0.1) is 25.3 Å². The molecule has 3 rings (SSSR count). The van der Waals surface area contributed by atoms with E-state index in [1.807, 2.05) is 12.1 Å². The molecule has 0 amide bonds. The SMILES string of the molecule is COc1cc(OC)c2cc(CCCNc3ncccc3C#N)[nH]c2c1. The lowest BCUT2D eigenvalue weighted by Crippen LogP contribution is -2.06. The van der Waals surface area contributed by atoms with Gasteiger partial charge in [0.2, 0.25) is 0 Å². The number of rotatable bonds is 7. The summed E-state index contributed by atoms with van der Waals surface area (Å²) in [5.74, 6) is 2.19. The number of methoxy groups -OCH3 is 2. The lowest BCUT2D eigenvalue weighted by atomic mass is 10.2. The van der Waals surface area contributed by atoms with E-state index >= 15 is 0 Å². The fraction of sp³-hybridized carbons (Fsp3) is 0.263. The van der Waals surface area contributed by atoms with Crippen molar-refractivity contribution in [2.45, 2.75) is 12.8 Å². The highest BCUT2D eigenvalue weighted by Gasteiger charge is 2.09. The molecule has 3 aromatic rings. The van der Waals surface area contributed by atoms with Crippen molar-refractivity contribution in [1.29, 1.82) is 5.26 Å². The highest BCUT2D eigenvalue weighted by atomic mass is 16.5. The molecule has 0 fully saturated rings. The minimum Gasteiger partial charge on any atom is -0.497 e. The summed E-state index contributed by atoms with van der Waals surface area (Å²) in [5, 5.41) is 13.3. The first-order valence-corrected chi connectivity index (χ1v) is 8.07. The maximum atomic E-state index is 9.07. The molecular formula is C19H20N4O2. The Kier molecular flexibility index (Phi) is 5.05. The molecule has 6 heteroatoms. The number of anilines is 1. The molecule has 2 N–H and O–H groups in total. The van der Waals surface area contributed by atoms with Gasteiger partial charge in [-0.05, 0) is 31.0 Å². The Bertz CT molecular complexity index is 911. The van der Waals surface area contributed by atoms with Crippen LogP contribution in [0, 0.1) is 11.3 Å². The molecule has 0 aliphatic carbocycles. The molecule has 6 nitrogen and oxygen atoms in total. The second-order valence-electron chi connectivity index (χ2n) is 5.63. The Labute approximate surface area is 146 Å². The lowest BCUT2D eigenvalue weighted by Gasteiger charge is -2.06. The Hall–Kier alpha value is -3.20. The van der Waals surface area contributed by atoms with E-state index in [4.69, 9.17) is 14.7 Å². The van der Waals surface area contributed by atoms with Crippen molar-refractivity contribution in [3.8, 4) is 17.6 Å². The molecule has 0 radical (unpaired) electrons. The minimum atomic E-state index is 0.560. The summed E-state index contributed by atoms with van der Waals surface area (Å²) >= 11 is 0. The molecule has 0 spiro atoms. The molecule has 0 aliphatic heterocycles. The average molecular weight is 336 g/mol. The van der Waals surface area contributed by atoms with Crippen LogP contribution >= 0.6 is 0 Å². The third-order valence-corrected chi connectivity index (χ3v) is 4.03. The Morgan fingerprint density at radius 3 is 2.88 bits per heavy atom. The monoisotopic (exact) mass is 336 g/mol. The Morgan fingerprint density at radius 2 is 2.12 bits per heavy atom. The number of nitrogens with one attached hydrogen (secondary N) is 2. The van der Waals surface area contributed by atoms with E-state index in [1.54, 1.807) is 32.5 Å². The number of fused-ring (bicyclic) bond motifs is 1. The first-order chi connectivity index (χ1) is 12.2. The van der Waals surface area contributed by atoms with Crippen molar-refractivity contribution in [3.63, 3.8) is 0 Å². The summed E-state index contributed by atoms with van der Waals surface area (Å²) < 4.78 is 10.7. The molecule has 25 heavy (non-hydrogen) atoms. The predicted molar refractivity (Wildman–Crippen MR) is 97.2 cm³/mol. The van der Waals surface area contributed by atoms with Crippen molar-refractivity contribution >= 4 is 16.7 Å². The maximum absolute atomic E-state index is 9.07. The van der Waals surface area contributed by atoms with Crippen molar-refractivity contribution in [2.24, 2.45) is 0 Å². The van der Waals surface area contributed by atoms with E-state index in [2.05, 4.69) is 27.4 Å². The highest BCUT2D eigenvalue weighted by Crippen LogP contribution is 2.31. The predicted octanol–water partition coefficient (Wildman–Crippen LogP) is 3.50. The first-order valence-electron chi connectivity index (χ1n) is 8.07. The van der Waals surface area contributed by atoms with Gasteiger partial charge in [-0.1, -0.05) is 0 Å². The van der Waals surface area contributed by atoms with Crippen molar-refractivity contribution in [1.82, 2.24) is 9.97 Å². The molecule has 0 unspecified atom stereocenters. The minimum absolute atomic E-state index is 0.560. The number of aromatic nitrogens is 2. The third-order valence-electron chi connectivity index (χ3n) is 4.03. The van der Waals surface area contributed by atoms with Gasteiger partial charge in [-0.3, -0.25) is 0 Å². The van der Waals surface area contributed by atoms with Crippen LogP contribution < -0.4 is 14.8 Å². The molecule has 1 aromatic carbocycles. The zero-order valence-electron chi connectivity index (χ0n) is 14.3. The van der Waals surface area contributed by atoms with Crippen molar-refractivity contribution in [2.75, 3.05) is 26.1 Å². The normalized spacial score (nSPS) is 10.4. The summed E-state index contributed by atoms with van der Waals surface area (Å²) in [6.45, 7) is 0.738. The van der Waals surface area contributed by atoms with Gasteiger partial charge in [-0.25, -0.2) is 4.98 Å². The van der Waals surface area contributed by atoms with Crippen LogP contribution in [-0.4, -0.2) is 30.7 Å². The smallest absolute Gasteiger partial charge is 0.143 e. The van der Waals surface area contributed by atoms with Gasteiger partial charge in [-0.2, -0.15) is 5.26 Å². The molecular weight excluding hydrogens is 316 g/mol. The topological polar surface area (TPSA) is 83.0 Å². The van der Waals surface area contributed by atoms with Crippen LogP contribution in [0.4, 0.5) is 5.82 Å². The number of aromatic amines is 1. The van der Waals surface area contributed by atoms with Gasteiger partial charge in [-0.15, -0.1) is 0 Å². The Balaban J connectivity index is 1.65. The van der Waals surface area contributed by atoms with Crippen LogP contribution in [-0.2, 0) is 6.42 Å². The molecule has 0 saturated carbocycles. The van der Waals surface area contributed by atoms with Gasteiger partial charge in [0.25, 0.3) is 0 Å². The molecule has 0 bridgehead atoms. The Morgan fingerprint density at radius 1 is 1.24 bits per heavy atom. The van der Waals surface area contributed by atoms with Gasteiger partial charge in [0.1, 0.15) is 23.4 Å². The summed E-state index contributed by atoms with van der Waals surface area (Å²) in [4.78, 5) is 7.61. The van der Waals surface area contributed by atoms with E-state index in [0.717, 1.165) is 47.5 Å². The summed E-state index contributed by atoms with van der Waals surface area (Å²) in [5.41, 5.74) is 2.69. The van der Waals surface area contributed by atoms with Crippen LogP contribution in [0.5, 0.6) is 11.5 Å². The third kappa shape index (κ3) is 3.66. The number of ether oxygens (including phenoxy) is 2. The fourth-order valence-corrected chi connectivity index (χ4v) is 2.78. The molecule has 0 saturated heterocycles. The quantitative estimate of drug-likeness (QED) is 0.645. The van der Waals surface area contributed by atoms with Gasteiger partial charge >= 0.3 is 0 Å². The van der Waals surface area contributed by atoms with E-state index in [1.165, 1.54) is 0 Å². The summed E-state index contributed by atoms with van der Waals surface area (Å²) in [6, 6.07) is 11.6. The van der Waals surface area contributed by atoms with E-state index < -0.39 is 0 Å². The molecule has 0 atom stereocenters. The largest absolute Gasteiger partial charge is 0.497 e. The number of benzene rings is 1. The molecule has 2 aromatic heterocycles. The number of hydrogen-bond acceptors (Lipinski definition) is 5. The number of pyridine rings is 1. The van der Waals surface area contributed by atoms with Crippen molar-refractivity contribution in [3.05, 3.63) is 47.8 Å². The second kappa shape index (κ2) is 7.58. The van der Waals surface area contributed by atoms with Crippen LogP contribution in [0.15, 0.2) is 36.5 Å². The van der Waals surface area contributed by atoms with Crippen molar-refractivity contribution < 1.29 is 9.47 Å². The van der Waals surface area contributed by atoms with Crippen LogP contribution in [0.2, 0.25) is 0 Å². The van der Waals surface area contributed by atoms with E-state index in [9.17, 15) is 0 Å². The fourth-order valence-electron chi connectivity index (χ4n) is 2.78. The number of nitriles is 1. The summed E-state index contributed by atoms with van der Waals surface area (Å²) in [6.07, 6.45) is 3.47. The van der Waals surface area contributed by atoms with Crippen LogP contribution in [0.25, 0.3) is 10.9 Å². The molecule has 128 valence electrons. The maximum Gasteiger partial charge on any atom is 0.143 e. The van der Waals surface area contributed by atoms with Crippen LogP contribution in [0.1, 0.15) is 17.7 Å². The first kappa shape index (κ1) is 16.7. The summed E-state index contributed by atoms with van der Waals surface area (Å²) in [7, 11) is 3.30. The van der Waals surface area contributed by atoms with Gasteiger partial charge in [0.15, 0.2) is 0 Å². The number of H-pyrrole nitrogens is 1. The standard InChI is InChI=1S/C19H20N4O2/c1-24-15-10-17-16(18(11-15)25-2)9-14(23-17)6-4-8-22-19-13(12-20)5-3-7-21-19/h3,5,7,9-11,23H,4,6,8H2,1-2H3,(H,21,22). The number of aryl methyl sites for hydroxylation is 1. The molecule has 0 aliphatic rings. The lowest BCUT2D eigenvalue weighted by molar-refractivity contribution is 0.398. The zero-order chi connectivity index (χ0) is 17.6. The van der Waals surface area contributed by atoms with Gasteiger partial charge < -0.3 is 19.8 Å². The van der Waals surface area contributed by atoms with E-state index in [-0.39, 0.29) is 0 Å². The molecule has 2 heterocycles. The van der Waals surface area contributed by atoms with Gasteiger partial charge in [0, 0.05) is 36.0 Å². The zero-order valence-corrected chi connectivity index (χ0v) is 14.3. The average Bonchev–Trinajstić information content (AvgIpc) is 3.07. The highest BCUT2D eigenvalue weighted by molar-refractivity contribution is 5.88.